The van der Waals surface area contributed by atoms with Gasteiger partial charge in [-0.15, -0.1) is 0 Å². The minimum atomic E-state index is -0.312. The largest absolute Gasteiger partial charge is 0.274 e. The van der Waals surface area contributed by atoms with E-state index in [2.05, 4.69) is 68.5 Å². The van der Waals surface area contributed by atoms with Gasteiger partial charge in [0.25, 0.3) is 0 Å². The molecule has 2 aromatic carbocycles. The Hall–Kier alpha value is -2.92. The molecule has 0 bridgehead atoms. The van der Waals surface area contributed by atoms with Crippen LogP contribution in [0.3, 0.4) is 0 Å². The molecule has 0 aromatic heterocycles. The highest BCUT2D eigenvalue weighted by molar-refractivity contribution is 8.14. The van der Waals surface area contributed by atoms with Crippen LogP contribution in [0.25, 0.3) is 6.08 Å². The molecule has 1 aliphatic heterocycles. The van der Waals surface area contributed by atoms with Crippen molar-refractivity contribution in [1.82, 2.24) is 4.90 Å². The Morgan fingerprint density at radius 1 is 0.935 bits per heavy atom. The van der Waals surface area contributed by atoms with Gasteiger partial charge in [0.2, 0.25) is 11.8 Å². The predicted octanol–water partition coefficient (Wildman–Crippen LogP) is 5.97. The number of carbonyl (C=O) groups excluding carboxylic acids is 2. The van der Waals surface area contributed by atoms with Crippen molar-refractivity contribution in [2.24, 2.45) is 4.99 Å². The average Bonchev–Trinajstić information content (AvgIpc) is 3.12. The summed E-state index contributed by atoms with van der Waals surface area (Å²) >= 11 is 1.49. The van der Waals surface area contributed by atoms with Gasteiger partial charge in [-0.3, -0.25) is 9.59 Å². The summed E-state index contributed by atoms with van der Waals surface area (Å²) in [4.78, 5) is 30.5. The average molecular weight is 431 g/mol. The lowest BCUT2D eigenvalue weighted by Gasteiger charge is -2.28. The van der Waals surface area contributed by atoms with Crippen molar-refractivity contribution in [3.8, 4) is 0 Å². The van der Waals surface area contributed by atoms with Crippen LogP contribution in [0.1, 0.15) is 54.2 Å². The maximum atomic E-state index is 12.2. The molecular weight excluding hydrogens is 404 g/mol. The van der Waals surface area contributed by atoms with E-state index in [0.717, 1.165) is 29.7 Å². The van der Waals surface area contributed by atoms with Crippen molar-refractivity contribution >= 4 is 34.8 Å². The second-order valence-corrected chi connectivity index (χ2v) is 9.20. The zero-order chi connectivity index (χ0) is 22.1. The topological polar surface area (TPSA) is 49.7 Å². The van der Waals surface area contributed by atoms with Crippen LogP contribution >= 0.6 is 11.8 Å². The second-order valence-electron chi connectivity index (χ2n) is 8.13. The number of rotatable bonds is 2. The van der Waals surface area contributed by atoms with E-state index in [9.17, 15) is 9.59 Å². The summed E-state index contributed by atoms with van der Waals surface area (Å²) < 4.78 is 0. The van der Waals surface area contributed by atoms with E-state index in [0.29, 0.717) is 5.17 Å². The maximum Gasteiger partial charge on any atom is 0.232 e. The number of hydrogen-bond acceptors (Lipinski definition) is 4. The third-order valence-electron chi connectivity index (χ3n) is 5.64. The van der Waals surface area contributed by atoms with Crippen LogP contribution in [0.15, 0.2) is 70.4 Å². The van der Waals surface area contributed by atoms with Gasteiger partial charge in [-0.25, -0.2) is 9.89 Å². The van der Waals surface area contributed by atoms with Crippen molar-refractivity contribution < 1.29 is 9.59 Å². The van der Waals surface area contributed by atoms with Crippen LogP contribution in [-0.4, -0.2) is 21.9 Å². The monoisotopic (exact) mass is 430 g/mol. The maximum absolute atomic E-state index is 12.2. The highest BCUT2D eigenvalue weighted by atomic mass is 32.2. The molecule has 158 valence electrons. The number of thioether (sulfide) groups is 1. The standard InChI is InChI=1S/C26H26N2O2S/c1-16-5-9-20(10-6-16)15-22-13-14-23-24(22)27-26(28(18(3)29)19(4)30)31-25(23)21-11-7-17(2)8-12-21/h5-12,15,25H,13-14H2,1-4H3/b22-15-. The van der Waals surface area contributed by atoms with Crippen molar-refractivity contribution in [1.29, 1.82) is 0 Å². The van der Waals surface area contributed by atoms with Crippen molar-refractivity contribution in [2.45, 2.75) is 45.8 Å². The fourth-order valence-electron chi connectivity index (χ4n) is 4.02. The molecule has 1 aliphatic carbocycles. The zero-order valence-electron chi connectivity index (χ0n) is 18.3. The highest BCUT2D eigenvalue weighted by Gasteiger charge is 2.36. The number of hydrogen-bond donors (Lipinski definition) is 0. The predicted molar refractivity (Wildman–Crippen MR) is 128 cm³/mol. The molecule has 5 heteroatoms. The Labute approximate surface area is 187 Å². The van der Waals surface area contributed by atoms with Crippen LogP contribution in [0.5, 0.6) is 0 Å². The molecule has 2 aliphatic rings. The molecule has 0 N–H and O–H groups in total. The summed E-state index contributed by atoms with van der Waals surface area (Å²) in [5.74, 6) is -0.625. The first-order valence-corrected chi connectivity index (χ1v) is 11.4. The summed E-state index contributed by atoms with van der Waals surface area (Å²) in [6.07, 6.45) is 4.00. The number of benzene rings is 2. The quantitative estimate of drug-likeness (QED) is 0.589. The summed E-state index contributed by atoms with van der Waals surface area (Å²) in [7, 11) is 0. The molecule has 1 atom stereocenters. The minimum Gasteiger partial charge on any atom is -0.274 e. The zero-order valence-corrected chi connectivity index (χ0v) is 19.1. The van der Waals surface area contributed by atoms with Crippen LogP contribution in [-0.2, 0) is 9.59 Å². The van der Waals surface area contributed by atoms with Crippen LogP contribution in [0.4, 0.5) is 0 Å². The second kappa shape index (κ2) is 8.67. The van der Waals surface area contributed by atoms with Gasteiger partial charge in [0.1, 0.15) is 0 Å². The minimum absolute atomic E-state index is 0.0354. The molecule has 1 heterocycles. The lowest BCUT2D eigenvalue weighted by Crippen LogP contribution is -2.38. The molecule has 0 saturated heterocycles. The van der Waals surface area contributed by atoms with Gasteiger partial charge < -0.3 is 0 Å². The molecule has 0 fully saturated rings. The molecule has 4 rings (SSSR count). The number of aliphatic imine (C=N–C) groups is 1. The molecule has 0 saturated carbocycles. The van der Waals surface area contributed by atoms with Crippen molar-refractivity contribution in [3.05, 3.63) is 87.6 Å². The fraction of sp³-hybridized carbons (Fsp3) is 0.269. The number of carbonyl (C=O) groups is 2. The SMILES string of the molecule is CC(=O)N(C(C)=O)C1=NC2=C(CC/C2=C/c2ccc(C)cc2)C(c2ccc(C)cc2)S1. The molecule has 0 spiro atoms. The van der Waals surface area contributed by atoms with Gasteiger partial charge in [-0.2, -0.15) is 0 Å². The van der Waals surface area contributed by atoms with Gasteiger partial charge in [0, 0.05) is 13.8 Å². The Morgan fingerprint density at radius 2 is 1.52 bits per heavy atom. The highest BCUT2D eigenvalue weighted by Crippen LogP contribution is 2.50. The number of imide groups is 1. The van der Waals surface area contributed by atoms with Crippen LogP contribution in [0, 0.1) is 13.8 Å². The lowest BCUT2D eigenvalue weighted by molar-refractivity contribution is -0.136. The first-order valence-electron chi connectivity index (χ1n) is 10.5. The summed E-state index contributed by atoms with van der Waals surface area (Å²) in [6, 6.07) is 16.9. The van der Waals surface area contributed by atoms with E-state index in [1.165, 1.54) is 52.8 Å². The third kappa shape index (κ3) is 4.42. The van der Waals surface area contributed by atoms with E-state index in [1.807, 2.05) is 0 Å². The van der Waals surface area contributed by atoms with Crippen LogP contribution in [0.2, 0.25) is 0 Å². The van der Waals surface area contributed by atoms with Gasteiger partial charge >= 0.3 is 0 Å². The number of amides is 2. The lowest BCUT2D eigenvalue weighted by atomic mass is 10.0. The van der Waals surface area contributed by atoms with Crippen LogP contribution < -0.4 is 0 Å². The molecule has 1 unspecified atom stereocenters. The Bertz CT molecular complexity index is 1110. The first-order chi connectivity index (χ1) is 14.8. The molecule has 2 aromatic rings. The molecule has 31 heavy (non-hydrogen) atoms. The molecule has 2 amide bonds. The third-order valence-corrected chi connectivity index (χ3v) is 6.92. The van der Waals surface area contributed by atoms with E-state index >= 15 is 0 Å². The number of aryl methyl sites for hydroxylation is 2. The smallest absolute Gasteiger partial charge is 0.232 e. The molecular formula is C26H26N2O2S. The first kappa shape index (κ1) is 21.3. The number of allylic oxidation sites excluding steroid dienone is 1. The van der Waals surface area contributed by atoms with Crippen molar-refractivity contribution in [2.75, 3.05) is 0 Å². The van der Waals surface area contributed by atoms with Crippen molar-refractivity contribution in [3.63, 3.8) is 0 Å². The number of amidine groups is 1. The molecule has 4 nitrogen and oxygen atoms in total. The van der Waals surface area contributed by atoms with Gasteiger partial charge in [-0.05, 0) is 55.0 Å². The Kier molecular flexibility index (Phi) is 5.96. The van der Waals surface area contributed by atoms with E-state index in [4.69, 9.17) is 4.99 Å². The summed E-state index contributed by atoms with van der Waals surface area (Å²) in [6.45, 7) is 6.97. The van der Waals surface area contributed by atoms with E-state index in [1.54, 1.807) is 0 Å². The van der Waals surface area contributed by atoms with Gasteiger partial charge in [0.05, 0.1) is 10.9 Å². The Balaban J connectivity index is 1.82. The summed E-state index contributed by atoms with van der Waals surface area (Å²) in [5.41, 5.74) is 8.07. The van der Waals surface area contributed by atoms with Gasteiger partial charge in [-0.1, -0.05) is 71.4 Å². The fourth-order valence-corrected chi connectivity index (χ4v) is 5.40. The molecule has 0 radical (unpaired) electrons. The Morgan fingerprint density at radius 3 is 2.10 bits per heavy atom. The normalized spacial score (nSPS) is 19.3. The summed E-state index contributed by atoms with van der Waals surface area (Å²) in [5, 5.41) is 0.495. The van der Waals surface area contributed by atoms with E-state index in [-0.39, 0.29) is 17.1 Å². The van der Waals surface area contributed by atoms with E-state index < -0.39 is 0 Å². The number of nitrogens with zero attached hydrogens (tertiary/aromatic N) is 2. The van der Waals surface area contributed by atoms with Gasteiger partial charge in [0.15, 0.2) is 5.17 Å².